The van der Waals surface area contributed by atoms with Crippen molar-refractivity contribution in [3.05, 3.63) is 33.5 Å². The molecule has 5 nitrogen and oxygen atoms in total. The SMILES string of the molecule is CC(C)n1c(-c2cccn(C)c2=O)n[nH]c1=S. The van der Waals surface area contributed by atoms with Gasteiger partial charge >= 0.3 is 0 Å². The molecule has 2 heterocycles. The maximum absolute atomic E-state index is 12.0. The molecule has 6 heteroatoms. The zero-order chi connectivity index (χ0) is 12.6. The molecule has 2 aromatic heterocycles. The van der Waals surface area contributed by atoms with Crippen molar-refractivity contribution in [3.63, 3.8) is 0 Å². The Labute approximate surface area is 104 Å². The monoisotopic (exact) mass is 250 g/mol. The van der Waals surface area contributed by atoms with Crippen molar-refractivity contribution in [3.8, 4) is 11.4 Å². The van der Waals surface area contributed by atoms with Crippen molar-refractivity contribution in [2.45, 2.75) is 19.9 Å². The van der Waals surface area contributed by atoms with Crippen LogP contribution >= 0.6 is 12.2 Å². The zero-order valence-electron chi connectivity index (χ0n) is 9.97. The highest BCUT2D eigenvalue weighted by atomic mass is 32.1. The number of aromatic nitrogens is 4. The maximum atomic E-state index is 12.0. The van der Waals surface area contributed by atoms with Crippen molar-refractivity contribution in [2.24, 2.45) is 7.05 Å². The van der Waals surface area contributed by atoms with Crippen LogP contribution in [0.5, 0.6) is 0 Å². The van der Waals surface area contributed by atoms with Gasteiger partial charge in [-0.15, -0.1) is 0 Å². The topological polar surface area (TPSA) is 55.6 Å². The number of rotatable bonds is 2. The third kappa shape index (κ3) is 1.95. The van der Waals surface area contributed by atoms with E-state index in [1.54, 1.807) is 19.3 Å². The first kappa shape index (κ1) is 11.8. The average Bonchev–Trinajstić information content (AvgIpc) is 2.64. The van der Waals surface area contributed by atoms with Crippen molar-refractivity contribution in [1.29, 1.82) is 0 Å². The first-order valence-electron chi connectivity index (χ1n) is 5.35. The lowest BCUT2D eigenvalue weighted by Crippen LogP contribution is -2.19. The fourth-order valence-corrected chi connectivity index (χ4v) is 2.08. The molecule has 0 aliphatic rings. The first-order chi connectivity index (χ1) is 8.02. The van der Waals surface area contributed by atoms with Crippen molar-refractivity contribution >= 4 is 12.2 Å². The van der Waals surface area contributed by atoms with E-state index >= 15 is 0 Å². The highest BCUT2D eigenvalue weighted by molar-refractivity contribution is 7.71. The molecular weight excluding hydrogens is 236 g/mol. The van der Waals surface area contributed by atoms with E-state index in [1.807, 2.05) is 24.5 Å². The highest BCUT2D eigenvalue weighted by Gasteiger charge is 2.14. The van der Waals surface area contributed by atoms with Crippen molar-refractivity contribution in [2.75, 3.05) is 0 Å². The molecule has 17 heavy (non-hydrogen) atoms. The Hall–Kier alpha value is -1.69. The van der Waals surface area contributed by atoms with Gasteiger partial charge in [0.15, 0.2) is 10.6 Å². The summed E-state index contributed by atoms with van der Waals surface area (Å²) in [5, 5.41) is 6.87. The van der Waals surface area contributed by atoms with E-state index in [1.165, 1.54) is 4.57 Å². The molecule has 0 atom stereocenters. The fourth-order valence-electron chi connectivity index (χ4n) is 1.74. The fraction of sp³-hybridized carbons (Fsp3) is 0.364. The molecule has 0 radical (unpaired) electrons. The van der Waals surface area contributed by atoms with Crippen molar-refractivity contribution < 1.29 is 0 Å². The standard InChI is InChI=1S/C11H14N4OS/c1-7(2)15-9(12-13-11(15)17)8-5-4-6-14(3)10(8)16/h4-7H,1-3H3,(H,13,17). The second-order valence-corrected chi connectivity index (χ2v) is 4.54. The smallest absolute Gasteiger partial charge is 0.261 e. The van der Waals surface area contributed by atoms with Gasteiger partial charge in [0.2, 0.25) is 0 Å². The number of H-pyrrole nitrogens is 1. The number of aromatic amines is 1. The van der Waals surface area contributed by atoms with E-state index in [-0.39, 0.29) is 11.6 Å². The van der Waals surface area contributed by atoms with E-state index in [2.05, 4.69) is 10.2 Å². The maximum Gasteiger partial charge on any atom is 0.261 e. The molecule has 0 aromatic carbocycles. The number of nitrogens with zero attached hydrogens (tertiary/aromatic N) is 3. The van der Waals surface area contributed by atoms with Gasteiger partial charge in [-0.2, -0.15) is 5.10 Å². The van der Waals surface area contributed by atoms with Gasteiger partial charge in [-0.1, -0.05) is 0 Å². The summed E-state index contributed by atoms with van der Waals surface area (Å²) >= 11 is 5.16. The molecule has 0 aliphatic carbocycles. The number of hydrogen-bond donors (Lipinski definition) is 1. The van der Waals surface area contributed by atoms with Crippen LogP contribution < -0.4 is 5.56 Å². The van der Waals surface area contributed by atoms with Crippen LogP contribution in [0, 0.1) is 4.77 Å². The van der Waals surface area contributed by atoms with Gasteiger partial charge in [0.25, 0.3) is 5.56 Å². The second kappa shape index (κ2) is 4.29. The molecule has 0 fully saturated rings. The summed E-state index contributed by atoms with van der Waals surface area (Å²) in [4.78, 5) is 12.0. The number of nitrogens with one attached hydrogen (secondary N) is 1. The minimum Gasteiger partial charge on any atom is -0.318 e. The summed E-state index contributed by atoms with van der Waals surface area (Å²) in [5.74, 6) is 0.589. The summed E-state index contributed by atoms with van der Waals surface area (Å²) in [6, 6.07) is 3.73. The summed E-state index contributed by atoms with van der Waals surface area (Å²) < 4.78 is 3.89. The van der Waals surface area contributed by atoms with Crippen LogP contribution in [0.4, 0.5) is 0 Å². The Morgan fingerprint density at radius 1 is 1.47 bits per heavy atom. The molecule has 0 spiro atoms. The minimum absolute atomic E-state index is 0.0802. The Balaban J connectivity index is 2.74. The van der Waals surface area contributed by atoms with Crippen LogP contribution in [0.1, 0.15) is 19.9 Å². The quantitative estimate of drug-likeness (QED) is 0.828. The van der Waals surface area contributed by atoms with Crippen molar-refractivity contribution in [1.82, 2.24) is 19.3 Å². The molecule has 0 amide bonds. The van der Waals surface area contributed by atoms with Gasteiger partial charge in [-0.25, -0.2) is 0 Å². The molecule has 2 rings (SSSR count). The van der Waals surface area contributed by atoms with Gasteiger partial charge in [-0.05, 0) is 38.2 Å². The van der Waals surface area contributed by atoms with Gasteiger partial charge in [0.1, 0.15) is 0 Å². The molecule has 2 aromatic rings. The molecular formula is C11H14N4OS. The number of pyridine rings is 1. The van der Waals surface area contributed by atoms with Crippen LogP contribution in [0.2, 0.25) is 0 Å². The summed E-state index contributed by atoms with van der Waals surface area (Å²) in [5.41, 5.74) is 0.472. The lowest BCUT2D eigenvalue weighted by atomic mass is 10.2. The largest absolute Gasteiger partial charge is 0.318 e. The van der Waals surface area contributed by atoms with Gasteiger partial charge in [0.05, 0.1) is 5.56 Å². The van der Waals surface area contributed by atoms with Gasteiger partial charge in [-0.3, -0.25) is 14.5 Å². The Morgan fingerprint density at radius 3 is 2.82 bits per heavy atom. The van der Waals surface area contributed by atoms with Crippen LogP contribution in [-0.4, -0.2) is 19.3 Å². The van der Waals surface area contributed by atoms with E-state index in [0.717, 1.165) is 0 Å². The Morgan fingerprint density at radius 2 is 2.18 bits per heavy atom. The third-order valence-corrected chi connectivity index (χ3v) is 2.87. The molecule has 0 saturated carbocycles. The summed E-state index contributed by atoms with van der Waals surface area (Å²) in [6.07, 6.45) is 1.72. The second-order valence-electron chi connectivity index (χ2n) is 4.15. The minimum atomic E-state index is -0.0802. The van der Waals surface area contributed by atoms with Crippen LogP contribution in [-0.2, 0) is 7.05 Å². The molecule has 1 N–H and O–H groups in total. The van der Waals surface area contributed by atoms with E-state index in [9.17, 15) is 4.79 Å². The number of aryl methyl sites for hydroxylation is 1. The predicted molar refractivity (Wildman–Crippen MR) is 68.5 cm³/mol. The average molecular weight is 250 g/mol. The lowest BCUT2D eigenvalue weighted by molar-refractivity contribution is 0.596. The zero-order valence-corrected chi connectivity index (χ0v) is 10.8. The van der Waals surface area contributed by atoms with Crippen LogP contribution in [0.15, 0.2) is 23.1 Å². The first-order valence-corrected chi connectivity index (χ1v) is 5.76. The Bertz CT molecular complexity index is 650. The molecule has 0 saturated heterocycles. The molecule has 0 aliphatic heterocycles. The number of hydrogen-bond acceptors (Lipinski definition) is 3. The summed E-state index contributed by atoms with van der Waals surface area (Å²) in [6.45, 7) is 4.00. The normalized spacial score (nSPS) is 11.1. The van der Waals surface area contributed by atoms with Crippen LogP contribution in [0.3, 0.4) is 0 Å². The third-order valence-electron chi connectivity index (χ3n) is 2.59. The van der Waals surface area contributed by atoms with E-state index in [4.69, 9.17) is 12.2 Å². The van der Waals surface area contributed by atoms with E-state index in [0.29, 0.717) is 16.2 Å². The lowest BCUT2D eigenvalue weighted by Gasteiger charge is -2.10. The molecule has 90 valence electrons. The van der Waals surface area contributed by atoms with Gasteiger partial charge < -0.3 is 4.57 Å². The molecule has 0 bridgehead atoms. The Kier molecular flexibility index (Phi) is 2.97. The summed E-state index contributed by atoms with van der Waals surface area (Å²) in [7, 11) is 1.72. The highest BCUT2D eigenvalue weighted by Crippen LogP contribution is 2.17. The van der Waals surface area contributed by atoms with Gasteiger partial charge in [0, 0.05) is 19.3 Å². The van der Waals surface area contributed by atoms with E-state index < -0.39 is 0 Å². The molecule has 0 unspecified atom stereocenters. The predicted octanol–water partition coefficient (Wildman–Crippen LogP) is 1.89. The van der Waals surface area contributed by atoms with Crippen LogP contribution in [0.25, 0.3) is 11.4 Å².